The smallest absolute Gasteiger partial charge is 0.407 e. The number of nitrogens with zero attached hydrogens (tertiary/aromatic N) is 4. The van der Waals surface area contributed by atoms with E-state index in [-0.39, 0.29) is 19.6 Å². The second-order valence-corrected chi connectivity index (χ2v) is 11.9. The number of hydrogen-bond acceptors (Lipinski definition) is 6. The van der Waals surface area contributed by atoms with Gasteiger partial charge in [-0.05, 0) is 51.3 Å². The topological polar surface area (TPSA) is 100 Å². The Labute approximate surface area is 252 Å². The number of nitrogens with one attached hydrogen (secondary N) is 1. The molecule has 2 atom stereocenters. The minimum atomic E-state index is -1.04. The van der Waals surface area contributed by atoms with Gasteiger partial charge in [0.05, 0.1) is 35.2 Å². The van der Waals surface area contributed by atoms with Crippen LogP contribution in [0.15, 0.2) is 42.9 Å². The molecule has 0 fully saturated rings. The number of fused-ring (bicyclic) bond motifs is 2. The van der Waals surface area contributed by atoms with Gasteiger partial charge in [0, 0.05) is 35.8 Å². The van der Waals surface area contributed by atoms with Crippen LogP contribution in [0.1, 0.15) is 50.7 Å². The summed E-state index contributed by atoms with van der Waals surface area (Å²) >= 11 is 13.6. The summed E-state index contributed by atoms with van der Waals surface area (Å²) in [6.07, 6.45) is 2.46. The molecule has 1 N–H and O–H groups in total. The molecule has 4 aromatic rings. The maximum Gasteiger partial charge on any atom is 0.407 e. The third kappa shape index (κ3) is 6.24. The molecule has 42 heavy (non-hydrogen) atoms. The van der Waals surface area contributed by atoms with Crippen LogP contribution in [-0.2, 0) is 33.7 Å². The van der Waals surface area contributed by atoms with Crippen LogP contribution in [-0.4, -0.2) is 56.3 Å². The number of halogens is 3. The number of ether oxygens (including phenoxy) is 2. The Kier molecular flexibility index (Phi) is 8.48. The zero-order valence-electron chi connectivity index (χ0n) is 23.8. The molecule has 1 unspecified atom stereocenters. The van der Waals surface area contributed by atoms with E-state index in [1.165, 1.54) is 11.0 Å². The summed E-state index contributed by atoms with van der Waals surface area (Å²) in [5.74, 6) is -0.557. The number of alkyl halides is 1. The van der Waals surface area contributed by atoms with E-state index < -0.39 is 29.9 Å². The molecule has 222 valence electrons. The van der Waals surface area contributed by atoms with Gasteiger partial charge < -0.3 is 19.4 Å². The number of aromatic nitrogens is 4. The van der Waals surface area contributed by atoms with E-state index >= 15 is 0 Å². The first-order valence-electron chi connectivity index (χ1n) is 13.7. The molecule has 5 rings (SSSR count). The maximum absolute atomic E-state index is 14.2. The summed E-state index contributed by atoms with van der Waals surface area (Å²) in [5.41, 5.74) is 3.41. The summed E-state index contributed by atoms with van der Waals surface area (Å²) < 4.78 is 27.9. The van der Waals surface area contributed by atoms with Crippen molar-refractivity contribution >= 4 is 46.2 Å². The number of rotatable bonds is 8. The molecule has 0 radical (unpaired) electrons. The molecule has 1 aliphatic heterocycles. The van der Waals surface area contributed by atoms with Crippen molar-refractivity contribution in [2.45, 2.75) is 64.9 Å². The largest absolute Gasteiger partial charge is 0.464 e. The van der Waals surface area contributed by atoms with Crippen LogP contribution in [0.5, 0.6) is 0 Å². The molecule has 12 heteroatoms. The van der Waals surface area contributed by atoms with E-state index in [9.17, 15) is 14.0 Å². The van der Waals surface area contributed by atoms with Gasteiger partial charge in [0.1, 0.15) is 17.3 Å². The van der Waals surface area contributed by atoms with E-state index in [1.54, 1.807) is 23.8 Å². The van der Waals surface area contributed by atoms with Crippen LogP contribution in [0.2, 0.25) is 10.0 Å². The van der Waals surface area contributed by atoms with E-state index in [0.29, 0.717) is 50.9 Å². The lowest BCUT2D eigenvalue weighted by Gasteiger charge is -2.19. The van der Waals surface area contributed by atoms with Crippen molar-refractivity contribution in [3.63, 3.8) is 0 Å². The Morgan fingerprint density at radius 3 is 2.64 bits per heavy atom. The molecule has 3 heterocycles. The number of imidazole rings is 1. The number of carbonyl (C=O) groups excluding carboxylic acids is 2. The van der Waals surface area contributed by atoms with Gasteiger partial charge in [-0.25, -0.2) is 19.0 Å². The first-order valence-corrected chi connectivity index (χ1v) is 14.5. The lowest BCUT2D eigenvalue weighted by molar-refractivity contribution is -0.146. The van der Waals surface area contributed by atoms with Gasteiger partial charge >= 0.3 is 12.1 Å². The predicted molar refractivity (Wildman–Crippen MR) is 159 cm³/mol. The number of benzene rings is 2. The van der Waals surface area contributed by atoms with Crippen LogP contribution in [0.3, 0.4) is 0 Å². The quantitative estimate of drug-likeness (QED) is 0.233. The van der Waals surface area contributed by atoms with Crippen molar-refractivity contribution in [3.05, 3.63) is 69.9 Å². The first kappa shape index (κ1) is 29.8. The average molecular weight is 617 g/mol. The van der Waals surface area contributed by atoms with Gasteiger partial charge in [-0.3, -0.25) is 4.68 Å². The van der Waals surface area contributed by atoms with Crippen LogP contribution in [0.25, 0.3) is 22.0 Å². The maximum atomic E-state index is 14.2. The fraction of sp³-hybridized carbons (Fsp3) is 0.400. The Hall–Kier alpha value is -3.63. The van der Waals surface area contributed by atoms with Crippen LogP contribution in [0.4, 0.5) is 9.18 Å². The van der Waals surface area contributed by atoms with Crippen molar-refractivity contribution in [3.8, 4) is 11.1 Å². The van der Waals surface area contributed by atoms with Crippen molar-refractivity contribution in [2.75, 3.05) is 13.2 Å². The minimum Gasteiger partial charge on any atom is -0.464 e. The molecular formula is C30H32Cl2FN5O4. The van der Waals surface area contributed by atoms with Gasteiger partial charge in [-0.15, -0.1) is 0 Å². The fourth-order valence-electron chi connectivity index (χ4n) is 5.02. The molecule has 1 amide bonds. The second kappa shape index (κ2) is 11.9. The van der Waals surface area contributed by atoms with Crippen LogP contribution in [0, 0.1) is 0 Å². The normalized spacial score (nSPS) is 15.5. The molecule has 0 bridgehead atoms. The van der Waals surface area contributed by atoms with Gasteiger partial charge in [-0.1, -0.05) is 47.5 Å². The predicted octanol–water partition coefficient (Wildman–Crippen LogP) is 6.32. The molecule has 2 aromatic heterocycles. The van der Waals surface area contributed by atoms with E-state index in [4.69, 9.17) is 32.7 Å². The molecule has 0 spiro atoms. The highest BCUT2D eigenvalue weighted by Crippen LogP contribution is 2.39. The number of amides is 1. The summed E-state index contributed by atoms with van der Waals surface area (Å²) in [6.45, 7) is 7.95. The molecule has 9 nitrogen and oxygen atoms in total. The lowest BCUT2D eigenvalue weighted by Crippen LogP contribution is -2.33. The molecule has 2 aromatic carbocycles. The Bertz CT molecular complexity index is 1630. The Morgan fingerprint density at radius 2 is 1.95 bits per heavy atom. The summed E-state index contributed by atoms with van der Waals surface area (Å²) in [4.78, 5) is 29.5. The lowest BCUT2D eigenvalue weighted by atomic mass is 10.0. The van der Waals surface area contributed by atoms with Crippen LogP contribution >= 0.6 is 23.2 Å². The highest BCUT2D eigenvalue weighted by atomic mass is 35.5. The van der Waals surface area contributed by atoms with Gasteiger partial charge in [0.25, 0.3) is 0 Å². The van der Waals surface area contributed by atoms with Gasteiger partial charge in [0.2, 0.25) is 0 Å². The van der Waals surface area contributed by atoms with Crippen molar-refractivity contribution < 1.29 is 23.5 Å². The number of carbonyl (C=O) groups is 2. The zero-order valence-corrected chi connectivity index (χ0v) is 25.3. The second-order valence-electron chi connectivity index (χ2n) is 11.2. The SMILES string of the molecule is CCOC(=O)C(c1ncn2c1C[C@@H](F)C2)n1cc2c(Cl)cc(-c3ccc(CCNC(=O)OC(C)(C)C)cc3)c(Cl)c2n1. The monoisotopic (exact) mass is 615 g/mol. The van der Waals surface area contributed by atoms with Crippen molar-refractivity contribution in [1.29, 1.82) is 0 Å². The third-order valence-corrected chi connectivity index (χ3v) is 7.57. The Balaban J connectivity index is 1.41. The van der Waals surface area contributed by atoms with Crippen molar-refractivity contribution in [2.24, 2.45) is 0 Å². The van der Waals surface area contributed by atoms with E-state index in [1.807, 2.05) is 45.0 Å². The average Bonchev–Trinajstić information content (AvgIpc) is 3.62. The van der Waals surface area contributed by atoms with Crippen LogP contribution < -0.4 is 5.32 Å². The van der Waals surface area contributed by atoms with E-state index in [0.717, 1.165) is 11.1 Å². The molecular weight excluding hydrogens is 584 g/mol. The first-order chi connectivity index (χ1) is 19.9. The highest BCUT2D eigenvalue weighted by Gasteiger charge is 2.35. The number of hydrogen-bond donors (Lipinski definition) is 1. The summed E-state index contributed by atoms with van der Waals surface area (Å²) in [5, 5.41) is 8.76. The van der Waals surface area contributed by atoms with Gasteiger partial charge in [0.15, 0.2) is 6.04 Å². The molecule has 1 aliphatic rings. The summed E-state index contributed by atoms with van der Waals surface area (Å²) in [6, 6.07) is 8.49. The van der Waals surface area contributed by atoms with E-state index in [2.05, 4.69) is 15.4 Å². The Morgan fingerprint density at radius 1 is 1.21 bits per heavy atom. The highest BCUT2D eigenvalue weighted by molar-refractivity contribution is 6.42. The fourth-order valence-corrected chi connectivity index (χ4v) is 5.58. The minimum absolute atomic E-state index is 0.157. The zero-order chi connectivity index (χ0) is 30.2. The third-order valence-electron chi connectivity index (χ3n) is 6.87. The van der Waals surface area contributed by atoms with Gasteiger partial charge in [-0.2, -0.15) is 5.10 Å². The standard InChI is InChI=1S/C30H32Cl2FN5O4/c1-5-41-28(39)27(26-23-12-19(33)14-37(23)16-35-26)38-15-21-22(31)13-20(24(32)25(21)36-38)18-8-6-17(7-9-18)10-11-34-29(40)42-30(2,3)4/h6-9,13,15-16,19,27H,5,10-12,14H2,1-4H3,(H,34,40)/t19-,27?/m1/s1. The van der Waals surface area contributed by atoms with Crippen molar-refractivity contribution in [1.82, 2.24) is 24.6 Å². The number of alkyl carbamates (subject to hydrolysis) is 1. The number of esters is 1. The molecule has 0 aliphatic carbocycles. The molecule has 0 saturated carbocycles. The molecule has 0 saturated heterocycles. The summed E-state index contributed by atoms with van der Waals surface area (Å²) in [7, 11) is 0.